The molecule has 0 saturated heterocycles. The minimum absolute atomic E-state index is 0.166. The van der Waals surface area contributed by atoms with Crippen LogP contribution in [-0.2, 0) is 16.0 Å². The minimum Gasteiger partial charge on any atom is -0.478 e. The topological polar surface area (TPSA) is 77.8 Å². The Kier molecular flexibility index (Phi) is 8.29. The zero-order valence-electron chi connectivity index (χ0n) is 14.3. The summed E-state index contributed by atoms with van der Waals surface area (Å²) < 4.78 is 13.1. The van der Waals surface area contributed by atoms with Crippen LogP contribution in [0.1, 0.15) is 12.5 Å². The van der Waals surface area contributed by atoms with E-state index in [0.29, 0.717) is 12.2 Å². The van der Waals surface area contributed by atoms with Crippen molar-refractivity contribution in [1.29, 1.82) is 0 Å². The number of carboxylic acid groups (broad SMARTS) is 2. The molecular weight excluding hydrogens is 325 g/mol. The number of likely N-dealkylation sites (N-methyl/N-ethyl adjacent to an activating group) is 1. The van der Waals surface area contributed by atoms with Crippen LogP contribution in [-0.4, -0.2) is 47.2 Å². The first-order chi connectivity index (χ1) is 11.8. The van der Waals surface area contributed by atoms with Crippen LogP contribution in [0.4, 0.5) is 4.39 Å². The molecule has 2 aromatic carbocycles. The first kappa shape index (κ1) is 20.3. The van der Waals surface area contributed by atoms with Crippen molar-refractivity contribution in [2.45, 2.75) is 13.3 Å². The normalized spacial score (nSPS) is 10.7. The van der Waals surface area contributed by atoms with Gasteiger partial charge in [0.1, 0.15) is 5.82 Å². The molecule has 25 heavy (non-hydrogen) atoms. The molecule has 0 heterocycles. The number of halogens is 1. The molecule has 6 heteroatoms. The van der Waals surface area contributed by atoms with Gasteiger partial charge in [-0.1, -0.05) is 31.2 Å². The fraction of sp³-hybridized carbons (Fsp3) is 0.263. The summed E-state index contributed by atoms with van der Waals surface area (Å²) in [6.45, 7) is 4.24. The molecule has 0 saturated carbocycles. The monoisotopic (exact) mass is 347 g/mol. The number of fused-ring (bicyclic) bond motifs is 1. The first-order valence-electron chi connectivity index (χ1n) is 7.83. The molecule has 0 radical (unpaired) electrons. The Morgan fingerprint density at radius 1 is 1.12 bits per heavy atom. The van der Waals surface area contributed by atoms with Gasteiger partial charge in [-0.15, -0.1) is 0 Å². The third-order valence-electron chi connectivity index (χ3n) is 3.60. The van der Waals surface area contributed by atoms with Crippen molar-refractivity contribution in [2.75, 3.05) is 20.1 Å². The lowest BCUT2D eigenvalue weighted by atomic mass is 10.0. The number of hydrogen-bond acceptors (Lipinski definition) is 3. The summed E-state index contributed by atoms with van der Waals surface area (Å²) in [4.78, 5) is 21.4. The first-order valence-corrected chi connectivity index (χ1v) is 7.83. The Bertz CT molecular complexity index is 742. The van der Waals surface area contributed by atoms with E-state index >= 15 is 0 Å². The molecule has 0 amide bonds. The van der Waals surface area contributed by atoms with E-state index in [9.17, 15) is 14.0 Å². The third kappa shape index (κ3) is 7.58. The fourth-order valence-electron chi connectivity index (χ4n) is 2.15. The highest BCUT2D eigenvalue weighted by molar-refractivity contribution is 5.89. The maximum Gasteiger partial charge on any atom is 0.328 e. The van der Waals surface area contributed by atoms with Gasteiger partial charge in [0.2, 0.25) is 0 Å². The van der Waals surface area contributed by atoms with Crippen LogP contribution in [0, 0.1) is 5.82 Å². The molecule has 5 nitrogen and oxygen atoms in total. The molecule has 0 aliphatic carbocycles. The van der Waals surface area contributed by atoms with Gasteiger partial charge in [-0.05, 0) is 48.5 Å². The molecule has 0 aliphatic rings. The lowest BCUT2D eigenvalue weighted by molar-refractivity contribution is -0.134. The lowest BCUT2D eigenvalue weighted by Crippen LogP contribution is -2.20. The summed E-state index contributed by atoms with van der Waals surface area (Å²) in [5, 5.41) is 17.8. The Balaban J connectivity index is 0.000000333. The Morgan fingerprint density at radius 2 is 1.76 bits per heavy atom. The van der Waals surface area contributed by atoms with Crippen LogP contribution in [0.2, 0.25) is 0 Å². The molecule has 0 bridgehead atoms. The predicted octanol–water partition coefficient (Wildman–Crippen LogP) is 3.18. The molecule has 2 N–H and O–H groups in total. The quantitative estimate of drug-likeness (QED) is 0.785. The second-order valence-electron chi connectivity index (χ2n) is 5.44. The van der Waals surface area contributed by atoms with Gasteiger partial charge in [-0.3, -0.25) is 0 Å². The molecular formula is C19H22FNO4. The molecule has 0 spiro atoms. The van der Waals surface area contributed by atoms with Gasteiger partial charge < -0.3 is 15.1 Å². The van der Waals surface area contributed by atoms with E-state index in [0.717, 1.165) is 24.9 Å². The molecule has 0 aliphatic heterocycles. The number of benzene rings is 2. The van der Waals surface area contributed by atoms with Crippen LogP contribution in [0.3, 0.4) is 0 Å². The zero-order valence-corrected chi connectivity index (χ0v) is 14.3. The summed E-state index contributed by atoms with van der Waals surface area (Å²) in [7, 11) is 2.12. The van der Waals surface area contributed by atoms with Crippen LogP contribution in [0.5, 0.6) is 0 Å². The summed E-state index contributed by atoms with van der Waals surface area (Å²) >= 11 is 0. The maximum absolute atomic E-state index is 13.1. The van der Waals surface area contributed by atoms with E-state index in [4.69, 9.17) is 10.2 Å². The molecule has 134 valence electrons. The van der Waals surface area contributed by atoms with Crippen LogP contribution in [0.25, 0.3) is 10.8 Å². The minimum atomic E-state index is -1.26. The molecule has 0 aromatic heterocycles. The second-order valence-corrected chi connectivity index (χ2v) is 5.44. The Labute approximate surface area is 146 Å². The van der Waals surface area contributed by atoms with E-state index < -0.39 is 11.9 Å². The molecule has 2 rings (SSSR count). The van der Waals surface area contributed by atoms with Crippen molar-refractivity contribution in [3.63, 3.8) is 0 Å². The summed E-state index contributed by atoms with van der Waals surface area (Å²) in [6, 6.07) is 11.1. The van der Waals surface area contributed by atoms with Gasteiger partial charge in [-0.2, -0.15) is 0 Å². The van der Waals surface area contributed by atoms with E-state index in [1.54, 1.807) is 6.07 Å². The summed E-state index contributed by atoms with van der Waals surface area (Å²) in [5.41, 5.74) is 1.29. The smallest absolute Gasteiger partial charge is 0.328 e. The number of nitrogens with zero attached hydrogens (tertiary/aromatic N) is 1. The van der Waals surface area contributed by atoms with Gasteiger partial charge in [0, 0.05) is 18.7 Å². The van der Waals surface area contributed by atoms with Crippen molar-refractivity contribution in [3.05, 3.63) is 59.9 Å². The summed E-state index contributed by atoms with van der Waals surface area (Å²) in [6.07, 6.45) is 2.12. The number of hydrogen-bond donors (Lipinski definition) is 2. The van der Waals surface area contributed by atoms with E-state index in [2.05, 4.69) is 24.9 Å². The van der Waals surface area contributed by atoms with Gasteiger partial charge in [0.25, 0.3) is 0 Å². The maximum atomic E-state index is 13.1. The molecule has 0 unspecified atom stereocenters. The fourth-order valence-corrected chi connectivity index (χ4v) is 2.15. The van der Waals surface area contributed by atoms with E-state index in [1.165, 1.54) is 17.0 Å². The van der Waals surface area contributed by atoms with E-state index in [-0.39, 0.29) is 5.82 Å². The van der Waals surface area contributed by atoms with E-state index in [1.807, 2.05) is 18.2 Å². The van der Waals surface area contributed by atoms with Gasteiger partial charge in [0.05, 0.1) is 0 Å². The van der Waals surface area contributed by atoms with Crippen LogP contribution >= 0.6 is 0 Å². The highest BCUT2D eigenvalue weighted by Gasteiger charge is 2.03. The number of rotatable bonds is 6. The van der Waals surface area contributed by atoms with Gasteiger partial charge >= 0.3 is 11.9 Å². The average molecular weight is 347 g/mol. The van der Waals surface area contributed by atoms with Gasteiger partial charge in [0.15, 0.2) is 0 Å². The van der Waals surface area contributed by atoms with Crippen molar-refractivity contribution >= 4 is 22.7 Å². The molecule has 2 aromatic rings. The third-order valence-corrected chi connectivity index (χ3v) is 3.60. The highest BCUT2D eigenvalue weighted by Crippen LogP contribution is 2.20. The standard InChI is InChI=1S/C15H18FN.C4H4O4/c1-3-17(2)10-9-12-5-4-6-13-11-14(16)7-8-15(12)13;5-3(6)1-2-4(7)8/h4-8,11H,3,9-10H2,1-2H3;1-2H,(H,5,6)(H,7,8)/b;2-1+. The van der Waals surface area contributed by atoms with Crippen LogP contribution in [0.15, 0.2) is 48.6 Å². The number of carboxylic acids is 2. The zero-order chi connectivity index (χ0) is 18.8. The highest BCUT2D eigenvalue weighted by atomic mass is 19.1. The number of aliphatic carboxylic acids is 2. The van der Waals surface area contributed by atoms with Crippen molar-refractivity contribution in [3.8, 4) is 0 Å². The van der Waals surface area contributed by atoms with Crippen molar-refractivity contribution in [2.24, 2.45) is 0 Å². The molecule has 0 fully saturated rings. The van der Waals surface area contributed by atoms with Crippen molar-refractivity contribution in [1.82, 2.24) is 4.90 Å². The Hall–Kier alpha value is -2.73. The summed E-state index contributed by atoms with van der Waals surface area (Å²) in [5.74, 6) is -2.68. The largest absolute Gasteiger partial charge is 0.478 e. The number of carbonyl (C=O) groups is 2. The SMILES string of the molecule is CCN(C)CCc1cccc2cc(F)ccc12.O=C(O)/C=C/C(=O)O. The molecule has 0 atom stereocenters. The van der Waals surface area contributed by atoms with Crippen molar-refractivity contribution < 1.29 is 24.2 Å². The Morgan fingerprint density at radius 3 is 2.32 bits per heavy atom. The van der Waals surface area contributed by atoms with Crippen LogP contribution < -0.4 is 0 Å². The second kappa shape index (κ2) is 10.2. The van der Waals surface area contributed by atoms with Gasteiger partial charge in [-0.25, -0.2) is 14.0 Å². The lowest BCUT2D eigenvalue weighted by Gasteiger charge is -2.14. The predicted molar refractivity (Wildman–Crippen MR) is 95.2 cm³/mol. The average Bonchev–Trinajstić information content (AvgIpc) is 2.58.